The molecular formula is C17H24Cl2IN5O. The first-order valence-electron chi connectivity index (χ1n) is 8.07. The van der Waals surface area contributed by atoms with Crippen molar-refractivity contribution in [1.29, 1.82) is 0 Å². The van der Waals surface area contributed by atoms with E-state index in [0.717, 1.165) is 17.7 Å². The van der Waals surface area contributed by atoms with E-state index in [0.29, 0.717) is 41.7 Å². The fraction of sp³-hybridized carbons (Fsp3) is 0.412. The zero-order chi connectivity index (χ0) is 18.2. The number of hydrogen-bond donors (Lipinski definition) is 2. The second-order valence-corrected chi connectivity index (χ2v) is 6.19. The van der Waals surface area contributed by atoms with Crippen molar-refractivity contribution in [3.63, 3.8) is 0 Å². The normalized spacial score (nSPS) is 11.0. The van der Waals surface area contributed by atoms with E-state index in [2.05, 4.69) is 27.5 Å². The average molecular weight is 512 g/mol. The summed E-state index contributed by atoms with van der Waals surface area (Å²) in [7, 11) is 3.59. The Balaban J connectivity index is 0.00000338. The molecule has 0 aromatic carbocycles. The van der Waals surface area contributed by atoms with Gasteiger partial charge in [0.2, 0.25) is 5.88 Å². The summed E-state index contributed by atoms with van der Waals surface area (Å²) < 4.78 is 7.50. The lowest BCUT2D eigenvalue weighted by Crippen LogP contribution is -2.36. The Kier molecular flexibility index (Phi) is 10.1. The summed E-state index contributed by atoms with van der Waals surface area (Å²) in [5, 5.41) is 7.56. The zero-order valence-electron chi connectivity index (χ0n) is 15.1. The second kappa shape index (κ2) is 11.5. The van der Waals surface area contributed by atoms with E-state index in [4.69, 9.17) is 27.9 Å². The standard InChI is InChI=1S/C17H23Cl2N5O.HI/c1-4-8-25-16-12(6-5-7-21-16)10-22-17(20-2)23-11-13-9-14(18)15(19)24(13)3;/h5-7,9H,4,8,10-11H2,1-3H3,(H2,20,22,23);1H. The van der Waals surface area contributed by atoms with Gasteiger partial charge in [-0.25, -0.2) is 4.98 Å². The first-order valence-corrected chi connectivity index (χ1v) is 8.83. The number of aliphatic imine (C=N–C) groups is 1. The van der Waals surface area contributed by atoms with Gasteiger partial charge in [0, 0.05) is 38.1 Å². The van der Waals surface area contributed by atoms with Crippen LogP contribution in [0.25, 0.3) is 0 Å². The molecule has 0 fully saturated rings. The molecule has 0 aliphatic heterocycles. The highest BCUT2D eigenvalue weighted by atomic mass is 127. The van der Waals surface area contributed by atoms with Crippen molar-refractivity contribution in [3.8, 4) is 5.88 Å². The number of pyridine rings is 1. The molecule has 6 nitrogen and oxygen atoms in total. The molecule has 9 heteroatoms. The maximum atomic E-state index is 6.08. The minimum Gasteiger partial charge on any atom is -0.477 e. The van der Waals surface area contributed by atoms with Gasteiger partial charge in [0.05, 0.1) is 18.2 Å². The van der Waals surface area contributed by atoms with Crippen LogP contribution in [-0.4, -0.2) is 29.2 Å². The minimum absolute atomic E-state index is 0. The predicted octanol–water partition coefficient (Wildman–Crippen LogP) is 4.00. The maximum absolute atomic E-state index is 6.08. The summed E-state index contributed by atoms with van der Waals surface area (Å²) in [6, 6.07) is 5.71. The van der Waals surface area contributed by atoms with Crippen LogP contribution in [0.15, 0.2) is 29.4 Å². The van der Waals surface area contributed by atoms with Crippen molar-refractivity contribution in [1.82, 2.24) is 20.2 Å². The predicted molar refractivity (Wildman–Crippen MR) is 118 cm³/mol. The van der Waals surface area contributed by atoms with Crippen LogP contribution >= 0.6 is 47.2 Å². The van der Waals surface area contributed by atoms with Crippen LogP contribution in [0.5, 0.6) is 5.88 Å². The Hall–Kier alpha value is -1.19. The lowest BCUT2D eigenvalue weighted by molar-refractivity contribution is 0.301. The summed E-state index contributed by atoms with van der Waals surface area (Å²) in [4.78, 5) is 8.51. The number of nitrogens with zero attached hydrogens (tertiary/aromatic N) is 3. The Morgan fingerprint density at radius 2 is 2.04 bits per heavy atom. The van der Waals surface area contributed by atoms with Gasteiger partial charge in [0.15, 0.2) is 5.96 Å². The van der Waals surface area contributed by atoms with E-state index in [-0.39, 0.29) is 24.0 Å². The topological polar surface area (TPSA) is 63.5 Å². The first kappa shape index (κ1) is 22.9. The molecule has 2 aromatic heterocycles. The highest BCUT2D eigenvalue weighted by molar-refractivity contribution is 14.0. The van der Waals surface area contributed by atoms with Crippen molar-refractivity contribution >= 4 is 53.1 Å². The van der Waals surface area contributed by atoms with Gasteiger partial charge in [0.1, 0.15) is 5.15 Å². The Bertz CT molecular complexity index is 736. The molecule has 0 saturated heterocycles. The van der Waals surface area contributed by atoms with Gasteiger partial charge in [-0.2, -0.15) is 0 Å². The van der Waals surface area contributed by atoms with Gasteiger partial charge < -0.3 is 19.9 Å². The third-order valence-electron chi connectivity index (χ3n) is 3.62. The number of aromatic nitrogens is 2. The minimum atomic E-state index is 0. The zero-order valence-corrected chi connectivity index (χ0v) is 18.9. The molecule has 0 amide bonds. The molecule has 2 rings (SSSR count). The number of guanidine groups is 1. The van der Waals surface area contributed by atoms with Crippen molar-refractivity contribution in [3.05, 3.63) is 45.8 Å². The average Bonchev–Trinajstić information content (AvgIpc) is 2.87. The van der Waals surface area contributed by atoms with E-state index in [1.165, 1.54) is 0 Å². The quantitative estimate of drug-likeness (QED) is 0.335. The lowest BCUT2D eigenvalue weighted by Gasteiger charge is -2.14. The van der Waals surface area contributed by atoms with Crippen LogP contribution in [0.1, 0.15) is 24.6 Å². The van der Waals surface area contributed by atoms with Gasteiger partial charge in [-0.3, -0.25) is 4.99 Å². The van der Waals surface area contributed by atoms with E-state index in [9.17, 15) is 0 Å². The molecule has 0 aliphatic carbocycles. The van der Waals surface area contributed by atoms with Gasteiger partial charge in [0.25, 0.3) is 0 Å². The molecule has 0 bridgehead atoms. The molecule has 2 N–H and O–H groups in total. The van der Waals surface area contributed by atoms with Crippen LogP contribution in [0.2, 0.25) is 10.2 Å². The van der Waals surface area contributed by atoms with E-state index in [1.54, 1.807) is 13.2 Å². The molecule has 0 aliphatic rings. The van der Waals surface area contributed by atoms with Crippen molar-refractivity contribution in [2.24, 2.45) is 12.0 Å². The number of nitrogens with one attached hydrogen (secondary N) is 2. The Morgan fingerprint density at radius 1 is 1.31 bits per heavy atom. The molecule has 0 saturated carbocycles. The molecule has 2 heterocycles. The van der Waals surface area contributed by atoms with E-state index < -0.39 is 0 Å². The van der Waals surface area contributed by atoms with Crippen LogP contribution in [0.3, 0.4) is 0 Å². The summed E-state index contributed by atoms with van der Waals surface area (Å²) in [6.07, 6.45) is 2.67. The SMILES string of the molecule is CCCOc1ncccc1CNC(=NC)NCc1cc(Cl)c(Cl)n1C.I. The largest absolute Gasteiger partial charge is 0.477 e. The monoisotopic (exact) mass is 511 g/mol. The number of ether oxygens (including phenoxy) is 1. The number of halogens is 3. The van der Waals surface area contributed by atoms with Gasteiger partial charge in [-0.05, 0) is 18.6 Å². The smallest absolute Gasteiger partial charge is 0.218 e. The highest BCUT2D eigenvalue weighted by Crippen LogP contribution is 2.24. The highest BCUT2D eigenvalue weighted by Gasteiger charge is 2.10. The molecule has 0 unspecified atom stereocenters. The van der Waals surface area contributed by atoms with Crippen molar-refractivity contribution < 1.29 is 4.74 Å². The van der Waals surface area contributed by atoms with Crippen LogP contribution in [-0.2, 0) is 20.1 Å². The maximum Gasteiger partial charge on any atom is 0.218 e. The third-order valence-corrected chi connectivity index (χ3v) is 4.46. The van der Waals surface area contributed by atoms with Crippen molar-refractivity contribution in [2.75, 3.05) is 13.7 Å². The molecule has 0 atom stereocenters. The van der Waals surface area contributed by atoms with Gasteiger partial charge in [-0.1, -0.05) is 36.2 Å². The molecule has 0 spiro atoms. The summed E-state index contributed by atoms with van der Waals surface area (Å²) in [5.41, 5.74) is 1.94. The fourth-order valence-corrected chi connectivity index (χ4v) is 2.64. The van der Waals surface area contributed by atoms with Gasteiger partial charge in [-0.15, -0.1) is 24.0 Å². The molecular weight excluding hydrogens is 488 g/mol. The summed E-state index contributed by atoms with van der Waals surface area (Å²) in [6.45, 7) is 3.82. The molecule has 26 heavy (non-hydrogen) atoms. The molecule has 0 radical (unpaired) electrons. The molecule has 144 valence electrons. The summed E-state index contributed by atoms with van der Waals surface area (Å²) in [5.74, 6) is 1.31. The number of rotatable bonds is 7. The van der Waals surface area contributed by atoms with Crippen LogP contribution in [0, 0.1) is 0 Å². The Labute approximate surface area is 181 Å². The van der Waals surface area contributed by atoms with Crippen LogP contribution < -0.4 is 15.4 Å². The van der Waals surface area contributed by atoms with Crippen molar-refractivity contribution in [2.45, 2.75) is 26.4 Å². The lowest BCUT2D eigenvalue weighted by atomic mass is 10.2. The number of hydrogen-bond acceptors (Lipinski definition) is 3. The third kappa shape index (κ3) is 6.21. The fourth-order valence-electron chi connectivity index (χ4n) is 2.22. The second-order valence-electron chi connectivity index (χ2n) is 5.43. The molecule has 2 aromatic rings. The van der Waals surface area contributed by atoms with Crippen LogP contribution in [0.4, 0.5) is 0 Å². The van der Waals surface area contributed by atoms with Gasteiger partial charge >= 0.3 is 0 Å². The summed E-state index contributed by atoms with van der Waals surface area (Å²) >= 11 is 12.1. The first-order chi connectivity index (χ1) is 12.1. The Morgan fingerprint density at radius 3 is 2.65 bits per heavy atom. The van der Waals surface area contributed by atoms with E-state index in [1.807, 2.05) is 29.8 Å². The van der Waals surface area contributed by atoms with E-state index >= 15 is 0 Å².